The lowest BCUT2D eigenvalue weighted by atomic mass is 9.90. The van der Waals surface area contributed by atoms with Gasteiger partial charge in [-0.3, -0.25) is 4.79 Å². The summed E-state index contributed by atoms with van der Waals surface area (Å²) < 4.78 is 5.17. The highest BCUT2D eigenvalue weighted by molar-refractivity contribution is 5.87. The van der Waals surface area contributed by atoms with Gasteiger partial charge in [0.2, 0.25) is 5.91 Å². The summed E-state index contributed by atoms with van der Waals surface area (Å²) in [5.41, 5.74) is 1.76. The zero-order valence-electron chi connectivity index (χ0n) is 16.8. The van der Waals surface area contributed by atoms with Crippen LogP contribution < -0.4 is 10.1 Å². The predicted molar refractivity (Wildman–Crippen MR) is 115 cm³/mol. The van der Waals surface area contributed by atoms with Gasteiger partial charge in [-0.25, -0.2) is 0 Å². The van der Waals surface area contributed by atoms with Crippen LogP contribution in [0.1, 0.15) is 29.5 Å². The summed E-state index contributed by atoms with van der Waals surface area (Å²) in [6, 6.07) is 27.0. The lowest BCUT2D eigenvalue weighted by molar-refractivity contribution is -0.122. The second kappa shape index (κ2) is 9.39. The van der Waals surface area contributed by atoms with Crippen LogP contribution in [0.4, 0.5) is 0 Å². The van der Waals surface area contributed by atoms with Crippen molar-refractivity contribution in [3.05, 3.63) is 102 Å². The number of aliphatic hydroxyl groups is 1. The van der Waals surface area contributed by atoms with Crippen molar-refractivity contribution >= 4 is 5.91 Å². The minimum atomic E-state index is -1.07. The third kappa shape index (κ3) is 5.69. The molecule has 0 aliphatic heterocycles. The van der Waals surface area contributed by atoms with Crippen LogP contribution in [0.5, 0.6) is 5.75 Å². The number of nitrogens with one attached hydrogen (secondary N) is 1. The van der Waals surface area contributed by atoms with Crippen LogP contribution in [0.15, 0.2) is 84.9 Å². The summed E-state index contributed by atoms with van der Waals surface area (Å²) in [4.78, 5) is 13.1. The third-order valence-electron chi connectivity index (χ3n) is 4.92. The Balaban J connectivity index is 1.70. The number of hydrogen-bond donors (Lipinski definition) is 2. The van der Waals surface area contributed by atoms with Gasteiger partial charge in [-0.05, 0) is 35.7 Å². The van der Waals surface area contributed by atoms with Gasteiger partial charge in [0, 0.05) is 13.0 Å². The second-order valence-corrected chi connectivity index (χ2v) is 7.49. The molecule has 0 saturated heterocycles. The SMILES string of the molecule is COc1ccc(C[C@@](C)(O)CNC(=O)C(c2ccccc2)c2ccccc2)cc1. The minimum absolute atomic E-state index is 0.127. The molecule has 0 saturated carbocycles. The second-order valence-electron chi connectivity index (χ2n) is 7.49. The Hall–Kier alpha value is -3.11. The first-order valence-corrected chi connectivity index (χ1v) is 9.71. The fourth-order valence-corrected chi connectivity index (χ4v) is 3.41. The van der Waals surface area contributed by atoms with Gasteiger partial charge in [-0.15, -0.1) is 0 Å². The topological polar surface area (TPSA) is 58.6 Å². The summed E-state index contributed by atoms with van der Waals surface area (Å²) in [7, 11) is 1.62. The zero-order valence-corrected chi connectivity index (χ0v) is 16.8. The fourth-order valence-electron chi connectivity index (χ4n) is 3.41. The molecule has 1 amide bonds. The lowest BCUT2D eigenvalue weighted by Crippen LogP contribution is -2.43. The highest BCUT2D eigenvalue weighted by Crippen LogP contribution is 2.25. The first-order chi connectivity index (χ1) is 14.0. The molecule has 3 aromatic rings. The van der Waals surface area contributed by atoms with E-state index in [0.29, 0.717) is 6.42 Å². The van der Waals surface area contributed by atoms with Gasteiger partial charge in [0.05, 0.1) is 18.6 Å². The van der Waals surface area contributed by atoms with Crippen LogP contribution in [0, 0.1) is 0 Å². The van der Waals surface area contributed by atoms with Crippen molar-refractivity contribution in [2.24, 2.45) is 0 Å². The molecule has 1 atom stereocenters. The average molecular weight is 389 g/mol. The first-order valence-electron chi connectivity index (χ1n) is 9.71. The molecule has 4 heteroatoms. The van der Waals surface area contributed by atoms with Gasteiger partial charge in [-0.1, -0.05) is 72.8 Å². The Bertz CT molecular complexity index is 866. The largest absolute Gasteiger partial charge is 0.497 e. The monoisotopic (exact) mass is 389 g/mol. The summed E-state index contributed by atoms with van der Waals surface area (Å²) >= 11 is 0. The molecule has 3 rings (SSSR count). The average Bonchev–Trinajstić information content (AvgIpc) is 2.74. The van der Waals surface area contributed by atoms with Gasteiger partial charge < -0.3 is 15.2 Å². The summed E-state index contributed by atoms with van der Waals surface area (Å²) in [5, 5.41) is 13.8. The van der Waals surface area contributed by atoms with Gasteiger partial charge in [0.1, 0.15) is 5.75 Å². The van der Waals surface area contributed by atoms with Crippen molar-refractivity contribution in [3.8, 4) is 5.75 Å². The molecule has 0 aliphatic rings. The van der Waals surface area contributed by atoms with E-state index in [-0.39, 0.29) is 12.5 Å². The quantitative estimate of drug-likeness (QED) is 0.614. The molecule has 4 nitrogen and oxygen atoms in total. The van der Waals surface area contributed by atoms with Crippen LogP contribution >= 0.6 is 0 Å². The number of amides is 1. The van der Waals surface area contributed by atoms with Crippen molar-refractivity contribution in [2.45, 2.75) is 24.9 Å². The summed E-state index contributed by atoms with van der Waals surface area (Å²) in [6.45, 7) is 1.89. The van der Waals surface area contributed by atoms with Crippen molar-refractivity contribution in [1.82, 2.24) is 5.32 Å². The smallest absolute Gasteiger partial charge is 0.232 e. The number of benzene rings is 3. The molecule has 0 bridgehead atoms. The molecule has 0 aliphatic carbocycles. The van der Waals surface area contributed by atoms with Crippen molar-refractivity contribution < 1.29 is 14.6 Å². The summed E-state index contributed by atoms with van der Waals surface area (Å²) in [6.07, 6.45) is 0.429. The Labute approximate surface area is 172 Å². The van der Waals surface area contributed by atoms with E-state index >= 15 is 0 Å². The highest BCUT2D eigenvalue weighted by atomic mass is 16.5. The Morgan fingerprint density at radius 3 is 1.93 bits per heavy atom. The van der Waals surface area contributed by atoms with E-state index in [1.807, 2.05) is 84.9 Å². The number of rotatable bonds is 8. The van der Waals surface area contributed by atoms with Crippen LogP contribution in [-0.2, 0) is 11.2 Å². The van der Waals surface area contributed by atoms with Gasteiger partial charge in [0.25, 0.3) is 0 Å². The molecular weight excluding hydrogens is 362 g/mol. The Morgan fingerprint density at radius 1 is 0.931 bits per heavy atom. The van der Waals surface area contributed by atoms with Crippen molar-refractivity contribution in [1.29, 1.82) is 0 Å². The first kappa shape index (κ1) is 20.6. The van der Waals surface area contributed by atoms with Crippen LogP contribution in [0.2, 0.25) is 0 Å². The Kier molecular flexibility index (Phi) is 6.68. The normalized spacial score (nSPS) is 13.0. The van der Waals surface area contributed by atoms with Gasteiger partial charge >= 0.3 is 0 Å². The molecule has 2 N–H and O–H groups in total. The maximum atomic E-state index is 13.1. The van der Waals surface area contributed by atoms with Crippen LogP contribution in [0.3, 0.4) is 0 Å². The molecule has 0 aromatic heterocycles. The van der Waals surface area contributed by atoms with Crippen LogP contribution in [-0.4, -0.2) is 30.3 Å². The molecule has 150 valence electrons. The van der Waals surface area contributed by atoms with E-state index in [4.69, 9.17) is 4.74 Å². The molecule has 0 unspecified atom stereocenters. The van der Waals surface area contributed by atoms with Gasteiger partial charge in [-0.2, -0.15) is 0 Å². The number of hydrogen-bond acceptors (Lipinski definition) is 3. The molecule has 0 fully saturated rings. The van der Waals surface area contributed by atoms with Gasteiger partial charge in [0.15, 0.2) is 0 Å². The standard InChI is InChI=1S/C25H27NO3/c1-25(28,17-19-13-15-22(29-2)16-14-19)18-26-24(27)23(20-9-5-3-6-10-20)21-11-7-4-8-12-21/h3-16,23,28H,17-18H2,1-2H3,(H,26,27)/t25-/m1/s1. The molecule has 29 heavy (non-hydrogen) atoms. The number of ether oxygens (including phenoxy) is 1. The lowest BCUT2D eigenvalue weighted by Gasteiger charge is -2.26. The third-order valence-corrected chi connectivity index (χ3v) is 4.92. The predicted octanol–water partition coefficient (Wildman–Crippen LogP) is 3.94. The van der Waals surface area contributed by atoms with Crippen molar-refractivity contribution in [3.63, 3.8) is 0 Å². The molecule has 3 aromatic carbocycles. The number of carbonyl (C=O) groups excluding carboxylic acids is 1. The van der Waals surface area contributed by atoms with E-state index in [1.54, 1.807) is 14.0 Å². The van der Waals surface area contributed by atoms with E-state index in [2.05, 4.69) is 5.32 Å². The maximum Gasteiger partial charge on any atom is 0.232 e. The van der Waals surface area contributed by atoms with E-state index in [0.717, 1.165) is 22.4 Å². The molecule has 0 spiro atoms. The Morgan fingerprint density at radius 2 is 1.45 bits per heavy atom. The molecular formula is C25H27NO3. The van der Waals surface area contributed by atoms with E-state index in [9.17, 15) is 9.90 Å². The van der Waals surface area contributed by atoms with Crippen molar-refractivity contribution in [2.75, 3.05) is 13.7 Å². The zero-order chi connectivity index (χ0) is 20.7. The van der Waals surface area contributed by atoms with E-state index in [1.165, 1.54) is 0 Å². The number of methoxy groups -OCH3 is 1. The molecule has 0 radical (unpaired) electrons. The molecule has 0 heterocycles. The fraction of sp³-hybridized carbons (Fsp3) is 0.240. The number of carbonyl (C=O) groups is 1. The highest BCUT2D eigenvalue weighted by Gasteiger charge is 2.26. The van der Waals surface area contributed by atoms with E-state index < -0.39 is 11.5 Å². The maximum absolute atomic E-state index is 13.1. The summed E-state index contributed by atoms with van der Waals surface area (Å²) in [5.74, 6) is 0.224. The minimum Gasteiger partial charge on any atom is -0.497 e. The van der Waals surface area contributed by atoms with Crippen LogP contribution in [0.25, 0.3) is 0 Å².